The molecule has 3 rings (SSSR count). The third-order valence-electron chi connectivity index (χ3n) is 8.60. The molecule has 2 aromatic rings. The zero-order valence-electron chi connectivity index (χ0n) is 31.5. The lowest BCUT2D eigenvalue weighted by Crippen LogP contribution is -2.55. The fourth-order valence-corrected chi connectivity index (χ4v) is 7.09. The highest BCUT2D eigenvalue weighted by molar-refractivity contribution is 6.76. The molecule has 51 heavy (non-hydrogen) atoms. The molecule has 2 aromatic heterocycles. The Kier molecular flexibility index (Phi) is 13.5. The first kappa shape index (κ1) is 41.5. The monoisotopic (exact) mass is 752 g/mol. The van der Waals surface area contributed by atoms with Crippen LogP contribution < -0.4 is 10.6 Å². The van der Waals surface area contributed by atoms with Gasteiger partial charge in [0, 0.05) is 28.8 Å². The Hall–Kier alpha value is -3.95. The van der Waals surface area contributed by atoms with E-state index in [2.05, 4.69) is 79.1 Å². The molecule has 2 unspecified atom stereocenters. The Bertz CT molecular complexity index is 1590. The second-order valence-electron chi connectivity index (χ2n) is 15.2. The maximum Gasteiger partial charge on any atom is 0.331 e. The summed E-state index contributed by atoms with van der Waals surface area (Å²) in [4.78, 5) is 75.4. The van der Waals surface area contributed by atoms with Gasteiger partial charge in [0.25, 0.3) is 0 Å². The van der Waals surface area contributed by atoms with Crippen LogP contribution in [0.5, 0.6) is 0 Å². The van der Waals surface area contributed by atoms with E-state index in [0.29, 0.717) is 0 Å². The molecule has 1 aliphatic rings. The molecule has 0 spiro atoms. The van der Waals surface area contributed by atoms with Crippen LogP contribution >= 0.6 is 0 Å². The molecular formula is C32H52N6O11Si2. The number of fused-ring (bicyclic) bond motifs is 1. The summed E-state index contributed by atoms with van der Waals surface area (Å²) in [5, 5.41) is 5.20. The van der Waals surface area contributed by atoms with Crippen molar-refractivity contribution >= 4 is 63.3 Å². The summed E-state index contributed by atoms with van der Waals surface area (Å²) >= 11 is 0. The van der Waals surface area contributed by atoms with E-state index < -0.39 is 83.0 Å². The van der Waals surface area contributed by atoms with Gasteiger partial charge in [-0.1, -0.05) is 40.4 Å². The molecule has 1 aliphatic heterocycles. The Morgan fingerprint density at radius 2 is 1.55 bits per heavy atom. The van der Waals surface area contributed by atoms with E-state index in [1.54, 1.807) is 6.92 Å². The predicted octanol–water partition coefficient (Wildman–Crippen LogP) is 3.93. The minimum absolute atomic E-state index is 0.00454. The average molecular weight is 753 g/mol. The Morgan fingerprint density at radius 3 is 2.12 bits per heavy atom. The van der Waals surface area contributed by atoms with Crippen LogP contribution in [0.4, 0.5) is 10.6 Å². The average Bonchev–Trinajstić information content (AvgIpc) is 3.54. The number of hydrogen-bond acceptors (Lipinski definition) is 14. The molecule has 2 amide bonds. The number of amides is 2. The minimum Gasteiger partial charge on any atom is -0.464 e. The van der Waals surface area contributed by atoms with Crippen LogP contribution in [0.3, 0.4) is 0 Å². The number of aromatic nitrogens is 4. The van der Waals surface area contributed by atoms with Crippen molar-refractivity contribution < 1.29 is 52.1 Å². The van der Waals surface area contributed by atoms with Crippen LogP contribution in [0, 0.1) is 0 Å². The van der Waals surface area contributed by atoms with Gasteiger partial charge >= 0.3 is 29.9 Å². The quantitative estimate of drug-likeness (QED) is 0.159. The van der Waals surface area contributed by atoms with Crippen LogP contribution in [-0.4, -0.2) is 109 Å². The zero-order valence-corrected chi connectivity index (χ0v) is 33.5. The Labute approximate surface area is 300 Å². The van der Waals surface area contributed by atoms with Gasteiger partial charge in [0.15, 0.2) is 49.8 Å². The van der Waals surface area contributed by atoms with Crippen LogP contribution in [0.15, 0.2) is 12.7 Å². The van der Waals surface area contributed by atoms with Crippen molar-refractivity contribution in [2.75, 3.05) is 18.5 Å². The number of ether oxygens (including phenoxy) is 5. The van der Waals surface area contributed by atoms with E-state index in [9.17, 15) is 24.0 Å². The van der Waals surface area contributed by atoms with Crippen molar-refractivity contribution in [2.24, 2.45) is 0 Å². The number of esters is 4. The van der Waals surface area contributed by atoms with Crippen molar-refractivity contribution in [3.63, 3.8) is 0 Å². The zero-order chi connectivity index (χ0) is 38.5. The summed E-state index contributed by atoms with van der Waals surface area (Å²) < 4.78 is 35.7. The summed E-state index contributed by atoms with van der Waals surface area (Å²) in [7, 11) is -3.86. The largest absolute Gasteiger partial charge is 0.464 e. The number of imidazole rings is 1. The number of nitrogens with zero attached hydrogens (tertiary/aromatic N) is 4. The van der Waals surface area contributed by atoms with Gasteiger partial charge in [0.2, 0.25) is 0 Å². The number of rotatable bonds is 14. The number of carbonyl (C=O) groups is 5. The first-order valence-electron chi connectivity index (χ1n) is 16.7. The number of urea groups is 1. The lowest BCUT2D eigenvalue weighted by molar-refractivity contribution is -0.166. The highest BCUT2D eigenvalue weighted by atomic mass is 28.4. The van der Waals surface area contributed by atoms with Crippen molar-refractivity contribution in [3.05, 3.63) is 12.7 Å². The molecular weight excluding hydrogens is 701 g/mol. The van der Waals surface area contributed by atoms with Gasteiger partial charge in [-0.2, -0.15) is 0 Å². The predicted molar refractivity (Wildman–Crippen MR) is 190 cm³/mol. The van der Waals surface area contributed by atoms with Gasteiger partial charge in [0.1, 0.15) is 19.0 Å². The second-order valence-corrected chi connectivity index (χ2v) is 25.6. The van der Waals surface area contributed by atoms with E-state index in [1.165, 1.54) is 38.0 Å². The van der Waals surface area contributed by atoms with Crippen molar-refractivity contribution in [1.29, 1.82) is 0 Å². The highest BCUT2D eigenvalue weighted by Gasteiger charge is 2.51. The molecule has 3 heterocycles. The van der Waals surface area contributed by atoms with Crippen molar-refractivity contribution in [2.45, 2.75) is 129 Å². The molecule has 17 nitrogen and oxygen atoms in total. The third-order valence-corrected chi connectivity index (χ3v) is 14.9. The molecule has 284 valence electrons. The fourth-order valence-electron chi connectivity index (χ4n) is 4.96. The van der Waals surface area contributed by atoms with Crippen molar-refractivity contribution in [3.8, 4) is 0 Å². The molecule has 2 N–H and O–H groups in total. The summed E-state index contributed by atoms with van der Waals surface area (Å²) in [6, 6.07) is -1.15. The standard InChI is InChI=1S/C32H52N6O11Si2/c1-18(49-51(11,12)32(5,6)7)23(30(42)44-13-14-50(8,9)10)36-31(43)37-27-24-28(34-16-33-27)38(17-35-24)29-26(47-21(4)41)25(46-20(3)40)22(48-29)15-45-19(2)39/h16-18,22-23,25-26,29H,13-15H2,1-12H3,(H2,33,34,36,37,43)/t18?,22-,23?,25-,26-,29-/m1/s1. The molecule has 1 saturated heterocycles. The summed E-state index contributed by atoms with van der Waals surface area (Å²) in [6.07, 6.45) is -2.68. The van der Waals surface area contributed by atoms with Gasteiger partial charge in [-0.05, 0) is 31.1 Å². The van der Waals surface area contributed by atoms with Crippen molar-refractivity contribution in [1.82, 2.24) is 24.8 Å². The Morgan fingerprint density at radius 1 is 0.922 bits per heavy atom. The van der Waals surface area contributed by atoms with Crippen LogP contribution in [0.1, 0.15) is 54.7 Å². The molecule has 0 radical (unpaired) electrons. The number of nitrogens with one attached hydrogen (secondary N) is 2. The van der Waals surface area contributed by atoms with Gasteiger partial charge in [-0.15, -0.1) is 0 Å². The Balaban J connectivity index is 1.91. The minimum atomic E-state index is -2.36. The smallest absolute Gasteiger partial charge is 0.331 e. The maximum atomic E-state index is 13.5. The molecule has 0 aromatic carbocycles. The molecule has 1 fully saturated rings. The summed E-state index contributed by atoms with van der Waals surface area (Å²) in [6.45, 7) is 22.1. The summed E-state index contributed by atoms with van der Waals surface area (Å²) in [5.74, 6) is -2.57. The molecule has 0 aliphatic carbocycles. The van der Waals surface area contributed by atoms with Gasteiger partial charge in [-0.3, -0.25) is 24.3 Å². The topological polar surface area (TPSA) is 208 Å². The highest BCUT2D eigenvalue weighted by Crippen LogP contribution is 2.38. The summed E-state index contributed by atoms with van der Waals surface area (Å²) in [5.41, 5.74) is 0.291. The lowest BCUT2D eigenvalue weighted by Gasteiger charge is -2.40. The van der Waals surface area contributed by atoms with Crippen LogP contribution in [-0.2, 0) is 47.3 Å². The van der Waals surface area contributed by atoms with E-state index in [1.807, 2.05) is 0 Å². The second kappa shape index (κ2) is 16.6. The first-order valence-corrected chi connectivity index (χ1v) is 23.3. The third kappa shape index (κ3) is 11.3. The molecule has 0 saturated carbocycles. The molecule has 6 atom stereocenters. The van der Waals surface area contributed by atoms with Gasteiger partial charge in [-0.25, -0.2) is 24.5 Å². The maximum absolute atomic E-state index is 13.5. The van der Waals surface area contributed by atoms with Crippen LogP contribution in [0.25, 0.3) is 11.2 Å². The normalized spacial score (nSPS) is 20.6. The fraction of sp³-hybridized carbons (Fsp3) is 0.688. The number of carbonyl (C=O) groups excluding carboxylic acids is 5. The SMILES string of the molecule is CC(=O)OC[C@H]1O[C@@H](n2cnc3c(NC(=O)NC(C(=O)OCC[Si](C)(C)C)C(C)O[Si](C)(C)C(C)(C)C)ncnc32)[C@H](OC(C)=O)[C@@H]1OC(C)=O. The first-order chi connectivity index (χ1) is 23.5. The lowest BCUT2D eigenvalue weighted by atomic mass is 10.1. The van der Waals surface area contributed by atoms with E-state index in [4.69, 9.17) is 28.1 Å². The number of anilines is 1. The molecule has 19 heteroatoms. The van der Waals surface area contributed by atoms with Crippen LogP contribution in [0.2, 0.25) is 43.8 Å². The van der Waals surface area contributed by atoms with E-state index in [0.717, 1.165) is 6.04 Å². The van der Waals surface area contributed by atoms with Gasteiger partial charge < -0.3 is 33.4 Å². The number of hydrogen-bond donors (Lipinski definition) is 2. The van der Waals surface area contributed by atoms with E-state index in [-0.39, 0.29) is 35.2 Å². The van der Waals surface area contributed by atoms with Gasteiger partial charge in [0.05, 0.1) is 19.0 Å². The van der Waals surface area contributed by atoms with E-state index >= 15 is 0 Å². The molecule has 0 bridgehead atoms.